The molecular formula is C16H26N2. The van der Waals surface area contributed by atoms with E-state index < -0.39 is 0 Å². The van der Waals surface area contributed by atoms with Crippen molar-refractivity contribution in [1.82, 2.24) is 10.2 Å². The fourth-order valence-electron chi connectivity index (χ4n) is 2.85. The summed E-state index contributed by atoms with van der Waals surface area (Å²) in [6.07, 6.45) is 2.55. The molecule has 1 aliphatic heterocycles. The first-order valence-corrected chi connectivity index (χ1v) is 7.21. The van der Waals surface area contributed by atoms with E-state index in [1.54, 1.807) is 0 Å². The Kier molecular flexibility index (Phi) is 4.41. The van der Waals surface area contributed by atoms with Gasteiger partial charge in [-0.1, -0.05) is 43.7 Å². The van der Waals surface area contributed by atoms with E-state index >= 15 is 0 Å². The SMILES string of the molecule is CCCCN1CC(C)NCC1(C)c1ccccc1. The number of rotatable bonds is 4. The van der Waals surface area contributed by atoms with E-state index in [9.17, 15) is 0 Å². The molecule has 2 atom stereocenters. The maximum Gasteiger partial charge on any atom is 0.0557 e. The minimum absolute atomic E-state index is 0.142. The fraction of sp³-hybridized carbons (Fsp3) is 0.625. The zero-order chi connectivity index (χ0) is 13.0. The van der Waals surface area contributed by atoms with Crippen LogP contribution in [0, 0.1) is 0 Å². The highest BCUT2D eigenvalue weighted by molar-refractivity contribution is 5.25. The highest BCUT2D eigenvalue weighted by Gasteiger charge is 2.37. The van der Waals surface area contributed by atoms with E-state index in [0.717, 1.165) is 13.1 Å². The van der Waals surface area contributed by atoms with Crippen LogP contribution in [0.2, 0.25) is 0 Å². The number of nitrogens with zero attached hydrogens (tertiary/aromatic N) is 1. The summed E-state index contributed by atoms with van der Waals surface area (Å²) < 4.78 is 0. The predicted octanol–water partition coefficient (Wildman–Crippen LogP) is 3.00. The minimum atomic E-state index is 0.142. The molecule has 2 heteroatoms. The fourth-order valence-corrected chi connectivity index (χ4v) is 2.85. The van der Waals surface area contributed by atoms with Gasteiger partial charge in [0.15, 0.2) is 0 Å². The molecule has 2 unspecified atom stereocenters. The molecule has 0 saturated carbocycles. The molecule has 1 aromatic rings. The Morgan fingerprint density at radius 1 is 1.33 bits per heavy atom. The molecule has 1 saturated heterocycles. The molecule has 0 aromatic heterocycles. The third-order valence-electron chi connectivity index (χ3n) is 4.16. The lowest BCUT2D eigenvalue weighted by atomic mass is 9.87. The van der Waals surface area contributed by atoms with E-state index in [1.807, 2.05) is 0 Å². The lowest BCUT2D eigenvalue weighted by Gasteiger charge is -2.48. The maximum atomic E-state index is 3.64. The first-order chi connectivity index (χ1) is 8.66. The standard InChI is InChI=1S/C16H26N2/c1-4-5-11-18-12-14(2)17-13-16(18,3)15-9-7-6-8-10-15/h6-10,14,17H,4-5,11-13H2,1-3H3. The average molecular weight is 246 g/mol. The van der Waals surface area contributed by atoms with Gasteiger partial charge in [-0.15, -0.1) is 0 Å². The van der Waals surface area contributed by atoms with Crippen molar-refractivity contribution in [3.63, 3.8) is 0 Å². The van der Waals surface area contributed by atoms with Gasteiger partial charge in [0.25, 0.3) is 0 Å². The van der Waals surface area contributed by atoms with E-state index in [0.29, 0.717) is 6.04 Å². The Hall–Kier alpha value is -0.860. The summed E-state index contributed by atoms with van der Waals surface area (Å²) in [5.74, 6) is 0. The second-order valence-electron chi connectivity index (χ2n) is 5.72. The van der Waals surface area contributed by atoms with Crippen LogP contribution >= 0.6 is 0 Å². The van der Waals surface area contributed by atoms with Gasteiger partial charge in [0.05, 0.1) is 5.54 Å². The van der Waals surface area contributed by atoms with Crippen LogP contribution in [0.3, 0.4) is 0 Å². The Balaban J connectivity index is 2.21. The van der Waals surface area contributed by atoms with E-state index in [1.165, 1.54) is 24.9 Å². The second kappa shape index (κ2) is 5.85. The maximum absolute atomic E-state index is 3.64. The van der Waals surface area contributed by atoms with Crippen molar-refractivity contribution in [2.75, 3.05) is 19.6 Å². The number of hydrogen-bond acceptors (Lipinski definition) is 2. The van der Waals surface area contributed by atoms with Gasteiger partial charge in [0.1, 0.15) is 0 Å². The van der Waals surface area contributed by atoms with E-state index in [2.05, 4.69) is 61.3 Å². The number of piperazine rings is 1. The van der Waals surface area contributed by atoms with Crippen molar-refractivity contribution in [3.8, 4) is 0 Å². The number of unbranched alkanes of at least 4 members (excludes halogenated alkanes) is 1. The quantitative estimate of drug-likeness (QED) is 0.878. The lowest BCUT2D eigenvalue weighted by Crippen LogP contribution is -2.60. The van der Waals surface area contributed by atoms with Crippen molar-refractivity contribution >= 4 is 0 Å². The summed E-state index contributed by atoms with van der Waals surface area (Å²) in [6.45, 7) is 10.3. The van der Waals surface area contributed by atoms with Crippen molar-refractivity contribution < 1.29 is 0 Å². The van der Waals surface area contributed by atoms with Crippen molar-refractivity contribution in [2.24, 2.45) is 0 Å². The molecule has 0 aliphatic carbocycles. The topological polar surface area (TPSA) is 15.3 Å². The number of benzene rings is 1. The van der Waals surface area contributed by atoms with Crippen LogP contribution in [0.4, 0.5) is 0 Å². The van der Waals surface area contributed by atoms with Crippen LogP contribution in [0.15, 0.2) is 30.3 Å². The Morgan fingerprint density at radius 2 is 2.06 bits per heavy atom. The normalized spacial score (nSPS) is 29.4. The molecule has 0 amide bonds. The molecule has 1 N–H and O–H groups in total. The number of nitrogens with one attached hydrogen (secondary N) is 1. The summed E-state index contributed by atoms with van der Waals surface area (Å²) in [6, 6.07) is 11.5. The third kappa shape index (κ3) is 2.76. The van der Waals surface area contributed by atoms with Crippen LogP contribution in [-0.2, 0) is 5.54 Å². The van der Waals surface area contributed by atoms with Crippen molar-refractivity contribution in [3.05, 3.63) is 35.9 Å². The van der Waals surface area contributed by atoms with Crippen LogP contribution < -0.4 is 5.32 Å². The third-order valence-corrected chi connectivity index (χ3v) is 4.16. The summed E-state index contributed by atoms with van der Waals surface area (Å²) in [5.41, 5.74) is 1.57. The second-order valence-corrected chi connectivity index (χ2v) is 5.72. The van der Waals surface area contributed by atoms with Gasteiger partial charge >= 0.3 is 0 Å². The van der Waals surface area contributed by atoms with Gasteiger partial charge in [-0.05, 0) is 32.4 Å². The van der Waals surface area contributed by atoms with Gasteiger partial charge in [-0.2, -0.15) is 0 Å². The summed E-state index contributed by atoms with van der Waals surface area (Å²) in [4.78, 5) is 2.66. The summed E-state index contributed by atoms with van der Waals surface area (Å²) in [7, 11) is 0. The van der Waals surface area contributed by atoms with Gasteiger partial charge in [-0.3, -0.25) is 4.90 Å². The number of hydrogen-bond donors (Lipinski definition) is 1. The molecule has 18 heavy (non-hydrogen) atoms. The molecule has 1 fully saturated rings. The van der Waals surface area contributed by atoms with Gasteiger partial charge < -0.3 is 5.32 Å². The largest absolute Gasteiger partial charge is 0.311 e. The zero-order valence-corrected chi connectivity index (χ0v) is 11.9. The Morgan fingerprint density at radius 3 is 2.72 bits per heavy atom. The average Bonchev–Trinajstić information content (AvgIpc) is 2.41. The van der Waals surface area contributed by atoms with Gasteiger partial charge in [-0.25, -0.2) is 0 Å². The molecule has 0 spiro atoms. The minimum Gasteiger partial charge on any atom is -0.311 e. The molecule has 2 rings (SSSR count). The highest BCUT2D eigenvalue weighted by atomic mass is 15.3. The predicted molar refractivity (Wildman–Crippen MR) is 77.7 cm³/mol. The molecule has 1 aromatic carbocycles. The van der Waals surface area contributed by atoms with Crippen molar-refractivity contribution in [2.45, 2.75) is 45.2 Å². The van der Waals surface area contributed by atoms with E-state index in [4.69, 9.17) is 0 Å². The highest BCUT2D eigenvalue weighted by Crippen LogP contribution is 2.30. The van der Waals surface area contributed by atoms with Crippen LogP contribution in [0.1, 0.15) is 39.2 Å². The zero-order valence-electron chi connectivity index (χ0n) is 11.9. The molecule has 1 heterocycles. The summed E-state index contributed by atoms with van der Waals surface area (Å²) in [5, 5.41) is 3.64. The smallest absolute Gasteiger partial charge is 0.0557 e. The van der Waals surface area contributed by atoms with Crippen LogP contribution in [0.5, 0.6) is 0 Å². The molecule has 100 valence electrons. The first-order valence-electron chi connectivity index (χ1n) is 7.21. The lowest BCUT2D eigenvalue weighted by molar-refractivity contribution is 0.0522. The van der Waals surface area contributed by atoms with Crippen LogP contribution in [-0.4, -0.2) is 30.6 Å². The van der Waals surface area contributed by atoms with Crippen LogP contribution in [0.25, 0.3) is 0 Å². The Labute approximate surface area is 111 Å². The molecular weight excluding hydrogens is 220 g/mol. The van der Waals surface area contributed by atoms with Gasteiger partial charge in [0.2, 0.25) is 0 Å². The molecule has 0 radical (unpaired) electrons. The van der Waals surface area contributed by atoms with Crippen molar-refractivity contribution in [1.29, 1.82) is 0 Å². The first kappa shape index (κ1) is 13.6. The summed E-state index contributed by atoms with van der Waals surface area (Å²) >= 11 is 0. The monoisotopic (exact) mass is 246 g/mol. The molecule has 0 bridgehead atoms. The van der Waals surface area contributed by atoms with Gasteiger partial charge in [0, 0.05) is 19.1 Å². The van der Waals surface area contributed by atoms with E-state index in [-0.39, 0.29) is 5.54 Å². The molecule has 2 nitrogen and oxygen atoms in total. The molecule has 1 aliphatic rings. The Bertz CT molecular complexity index is 363.